The molecule has 0 aliphatic rings. The number of methoxy groups -OCH3 is 1. The molecular weight excluding hydrogens is 586 g/mol. The molecule has 4 rings (SSSR count). The van der Waals surface area contributed by atoms with Gasteiger partial charge in [0.2, 0.25) is 11.8 Å². The van der Waals surface area contributed by atoms with Crippen molar-refractivity contribution in [2.24, 2.45) is 0 Å². The number of benzene rings is 4. The second-order valence-corrected chi connectivity index (χ2v) is 13.2. The van der Waals surface area contributed by atoms with E-state index in [1.807, 2.05) is 82.3 Å². The number of ether oxygens (including phenoxy) is 1. The Labute approximate surface area is 266 Å². The van der Waals surface area contributed by atoms with E-state index in [-0.39, 0.29) is 35.5 Å². The molecule has 4 aromatic carbocycles. The zero-order chi connectivity index (χ0) is 32.6. The first-order valence-electron chi connectivity index (χ1n) is 14.9. The van der Waals surface area contributed by atoms with Crippen LogP contribution in [0.1, 0.15) is 36.1 Å². The van der Waals surface area contributed by atoms with Gasteiger partial charge in [0.25, 0.3) is 10.0 Å². The Hall–Kier alpha value is -4.63. The van der Waals surface area contributed by atoms with Gasteiger partial charge in [-0.15, -0.1) is 0 Å². The van der Waals surface area contributed by atoms with Gasteiger partial charge < -0.3 is 15.0 Å². The van der Waals surface area contributed by atoms with Crippen LogP contribution in [0.4, 0.5) is 5.69 Å². The van der Waals surface area contributed by atoms with E-state index in [0.717, 1.165) is 26.6 Å². The van der Waals surface area contributed by atoms with Gasteiger partial charge >= 0.3 is 0 Å². The van der Waals surface area contributed by atoms with Crippen molar-refractivity contribution < 1.29 is 22.7 Å². The predicted octanol–water partition coefficient (Wildman–Crippen LogP) is 5.67. The molecule has 8 nitrogen and oxygen atoms in total. The summed E-state index contributed by atoms with van der Waals surface area (Å²) in [6.45, 7) is 7.10. The minimum absolute atomic E-state index is 0.0376. The van der Waals surface area contributed by atoms with Gasteiger partial charge in [-0.1, -0.05) is 84.4 Å². The van der Waals surface area contributed by atoms with Crippen LogP contribution < -0.4 is 14.4 Å². The van der Waals surface area contributed by atoms with E-state index in [2.05, 4.69) is 5.32 Å². The third-order valence-corrected chi connectivity index (χ3v) is 9.32. The van der Waals surface area contributed by atoms with E-state index in [9.17, 15) is 18.0 Å². The zero-order valence-electron chi connectivity index (χ0n) is 26.4. The number of hydrogen-bond acceptors (Lipinski definition) is 5. The van der Waals surface area contributed by atoms with Crippen LogP contribution in [-0.2, 0) is 32.6 Å². The summed E-state index contributed by atoms with van der Waals surface area (Å²) in [4.78, 5) is 30.0. The largest absolute Gasteiger partial charge is 0.495 e. The first kappa shape index (κ1) is 33.3. The molecule has 45 heavy (non-hydrogen) atoms. The SMILES string of the molecule is COc1ccccc1N(CC(=O)N(Cc1ccccc1C)C(Cc1ccccc1)C(=O)NC(C)C)S(=O)(=O)c1ccc(C)cc1. The van der Waals surface area contributed by atoms with Gasteiger partial charge in [0.1, 0.15) is 18.3 Å². The normalized spacial score (nSPS) is 12.0. The Bertz CT molecular complexity index is 1710. The molecule has 236 valence electrons. The summed E-state index contributed by atoms with van der Waals surface area (Å²) in [5.74, 6) is -0.550. The minimum Gasteiger partial charge on any atom is -0.495 e. The van der Waals surface area contributed by atoms with Crippen molar-refractivity contribution in [3.05, 3.63) is 125 Å². The number of anilines is 1. The van der Waals surface area contributed by atoms with E-state index >= 15 is 0 Å². The van der Waals surface area contributed by atoms with Crippen LogP contribution in [0.2, 0.25) is 0 Å². The summed E-state index contributed by atoms with van der Waals surface area (Å²) in [6.07, 6.45) is 0.246. The smallest absolute Gasteiger partial charge is 0.264 e. The number of amides is 2. The van der Waals surface area contributed by atoms with Crippen LogP contribution in [0, 0.1) is 13.8 Å². The van der Waals surface area contributed by atoms with Gasteiger partial charge in [-0.25, -0.2) is 8.42 Å². The lowest BCUT2D eigenvalue weighted by Crippen LogP contribution is -2.54. The number of rotatable bonds is 13. The van der Waals surface area contributed by atoms with Gasteiger partial charge in [-0.05, 0) is 68.7 Å². The average Bonchev–Trinajstić information content (AvgIpc) is 3.02. The zero-order valence-corrected chi connectivity index (χ0v) is 27.3. The van der Waals surface area contributed by atoms with Crippen LogP contribution in [0.3, 0.4) is 0 Å². The maximum atomic E-state index is 14.6. The number of nitrogens with one attached hydrogen (secondary N) is 1. The second-order valence-electron chi connectivity index (χ2n) is 11.3. The molecule has 0 saturated carbocycles. The molecule has 0 aliphatic heterocycles. The van der Waals surface area contributed by atoms with Gasteiger partial charge in [0.05, 0.1) is 17.7 Å². The number of nitrogens with zero attached hydrogens (tertiary/aromatic N) is 2. The summed E-state index contributed by atoms with van der Waals surface area (Å²) in [5, 5.41) is 2.98. The topological polar surface area (TPSA) is 96.0 Å². The molecule has 9 heteroatoms. The summed E-state index contributed by atoms with van der Waals surface area (Å²) >= 11 is 0. The Balaban J connectivity index is 1.84. The van der Waals surface area contributed by atoms with Gasteiger partial charge in [-0.2, -0.15) is 0 Å². The van der Waals surface area contributed by atoms with Crippen molar-refractivity contribution in [3.8, 4) is 5.75 Å². The van der Waals surface area contributed by atoms with Crippen LogP contribution in [0.15, 0.2) is 108 Å². The molecule has 1 unspecified atom stereocenters. The number of aryl methyl sites for hydroxylation is 2. The Morgan fingerprint density at radius 3 is 2.09 bits per heavy atom. The third-order valence-electron chi connectivity index (χ3n) is 7.55. The van der Waals surface area contributed by atoms with Crippen molar-refractivity contribution in [2.75, 3.05) is 18.0 Å². The maximum absolute atomic E-state index is 14.6. The number of sulfonamides is 1. The summed E-state index contributed by atoms with van der Waals surface area (Å²) < 4.78 is 35.1. The highest BCUT2D eigenvalue weighted by molar-refractivity contribution is 7.92. The van der Waals surface area contributed by atoms with Crippen molar-refractivity contribution in [2.45, 2.75) is 57.6 Å². The van der Waals surface area contributed by atoms with Crippen molar-refractivity contribution in [3.63, 3.8) is 0 Å². The first-order valence-corrected chi connectivity index (χ1v) is 16.4. The lowest BCUT2D eigenvalue weighted by atomic mass is 10.0. The highest BCUT2D eigenvalue weighted by Gasteiger charge is 2.35. The van der Waals surface area contributed by atoms with Gasteiger partial charge in [0.15, 0.2) is 0 Å². The molecule has 0 aliphatic carbocycles. The Morgan fingerprint density at radius 1 is 0.822 bits per heavy atom. The van der Waals surface area contributed by atoms with E-state index < -0.39 is 28.5 Å². The molecule has 1 N–H and O–H groups in total. The van der Waals surface area contributed by atoms with Crippen molar-refractivity contribution >= 4 is 27.5 Å². The van der Waals surface area contributed by atoms with Crippen LogP contribution >= 0.6 is 0 Å². The standard InChI is InChI=1S/C36H41N3O5S/c1-26(2)37-36(41)33(23-29-14-7-6-8-15-29)38(24-30-16-10-9-13-28(30)4)35(40)25-39(32-17-11-12-18-34(32)44-5)45(42,43)31-21-19-27(3)20-22-31/h6-22,26,33H,23-25H2,1-5H3,(H,37,41). The lowest BCUT2D eigenvalue weighted by Gasteiger charge is -2.34. The van der Waals surface area contributed by atoms with E-state index in [1.165, 1.54) is 24.1 Å². The number of para-hydroxylation sites is 2. The monoisotopic (exact) mass is 627 g/mol. The summed E-state index contributed by atoms with van der Waals surface area (Å²) in [5.41, 5.74) is 3.80. The van der Waals surface area contributed by atoms with E-state index in [0.29, 0.717) is 5.75 Å². The molecule has 0 heterocycles. The van der Waals surface area contributed by atoms with Crippen LogP contribution in [0.25, 0.3) is 0 Å². The van der Waals surface area contributed by atoms with Gasteiger partial charge in [0, 0.05) is 19.0 Å². The fourth-order valence-corrected chi connectivity index (χ4v) is 6.52. The number of carbonyl (C=O) groups excluding carboxylic acids is 2. The maximum Gasteiger partial charge on any atom is 0.264 e. The summed E-state index contributed by atoms with van der Waals surface area (Å²) in [7, 11) is -2.78. The third kappa shape index (κ3) is 8.30. The highest BCUT2D eigenvalue weighted by atomic mass is 32.2. The first-order chi connectivity index (χ1) is 21.5. The average molecular weight is 628 g/mol. The van der Waals surface area contributed by atoms with Gasteiger partial charge in [-0.3, -0.25) is 13.9 Å². The molecule has 0 spiro atoms. The number of hydrogen-bond donors (Lipinski definition) is 1. The fraction of sp³-hybridized carbons (Fsp3) is 0.278. The molecular formula is C36H41N3O5S. The molecule has 4 aromatic rings. The highest BCUT2D eigenvalue weighted by Crippen LogP contribution is 2.33. The molecule has 0 saturated heterocycles. The van der Waals surface area contributed by atoms with E-state index in [4.69, 9.17) is 4.74 Å². The Morgan fingerprint density at radius 2 is 1.44 bits per heavy atom. The molecule has 0 bridgehead atoms. The lowest BCUT2D eigenvalue weighted by molar-refractivity contribution is -0.140. The van der Waals surface area contributed by atoms with Crippen molar-refractivity contribution in [1.82, 2.24) is 10.2 Å². The summed E-state index contributed by atoms with van der Waals surface area (Å²) in [6, 6.07) is 29.2. The predicted molar refractivity (Wildman–Crippen MR) is 178 cm³/mol. The van der Waals surface area contributed by atoms with Crippen LogP contribution in [0.5, 0.6) is 5.75 Å². The van der Waals surface area contributed by atoms with E-state index in [1.54, 1.807) is 36.4 Å². The van der Waals surface area contributed by atoms with Crippen LogP contribution in [-0.4, -0.2) is 50.9 Å². The molecule has 0 fully saturated rings. The fourth-order valence-electron chi connectivity index (χ4n) is 5.09. The Kier molecular flexibility index (Phi) is 11.0. The molecule has 0 radical (unpaired) electrons. The van der Waals surface area contributed by atoms with Crippen molar-refractivity contribution in [1.29, 1.82) is 0 Å². The molecule has 1 atom stereocenters. The second kappa shape index (κ2) is 14.9. The molecule has 2 amide bonds. The number of carbonyl (C=O) groups is 2. The quantitative estimate of drug-likeness (QED) is 0.206. The molecule has 0 aromatic heterocycles. The minimum atomic E-state index is -4.23.